The number of ether oxygens (including phenoxy) is 1. The number of rotatable bonds is 4. The van der Waals surface area contributed by atoms with E-state index < -0.39 is 12.0 Å². The van der Waals surface area contributed by atoms with Crippen molar-refractivity contribution >= 4 is 23.6 Å². The van der Waals surface area contributed by atoms with Gasteiger partial charge in [0.25, 0.3) is 5.91 Å². The third-order valence-corrected chi connectivity index (χ3v) is 2.82. The van der Waals surface area contributed by atoms with Crippen molar-refractivity contribution in [1.29, 1.82) is 0 Å². The van der Waals surface area contributed by atoms with Crippen molar-refractivity contribution in [2.24, 2.45) is 0 Å². The van der Waals surface area contributed by atoms with Crippen LogP contribution < -0.4 is 10.6 Å². The largest absolute Gasteiger partial charge is 0.453 e. The van der Waals surface area contributed by atoms with E-state index in [1.54, 1.807) is 11.4 Å². The van der Waals surface area contributed by atoms with Crippen LogP contribution in [-0.4, -0.2) is 25.7 Å². The van der Waals surface area contributed by atoms with Crippen molar-refractivity contribution in [3.63, 3.8) is 0 Å². The number of hydrogen-bond donors (Lipinski definition) is 2. The van der Waals surface area contributed by atoms with Crippen LogP contribution in [0.5, 0.6) is 0 Å². The minimum absolute atomic E-state index is 0.0297. The first-order valence-corrected chi connectivity index (χ1v) is 5.88. The van der Waals surface area contributed by atoms with E-state index in [0.717, 1.165) is 5.56 Å². The summed E-state index contributed by atoms with van der Waals surface area (Å²) in [5.41, 5.74) is 0.949. The van der Waals surface area contributed by atoms with Crippen LogP contribution in [0.2, 0.25) is 5.02 Å². The first kappa shape index (κ1) is 14.5. The molecule has 1 atom stereocenters. The molecule has 0 aliphatic carbocycles. The smallest absolute Gasteiger partial charge is 0.413 e. The molecular weight excluding hydrogens is 256 g/mol. The van der Waals surface area contributed by atoms with Gasteiger partial charge in [-0.2, -0.15) is 0 Å². The third kappa shape index (κ3) is 4.35. The summed E-state index contributed by atoms with van der Waals surface area (Å²) in [6.07, 6.45) is -0.751. The minimum atomic E-state index is -0.751. The maximum absolute atomic E-state index is 11.4. The van der Waals surface area contributed by atoms with Gasteiger partial charge in [-0.3, -0.25) is 10.1 Å². The Morgan fingerprint density at radius 2 is 2.11 bits per heavy atom. The van der Waals surface area contributed by atoms with E-state index in [4.69, 9.17) is 11.6 Å². The number of benzene rings is 1. The number of imide groups is 1. The number of carbonyl (C=O) groups is 2. The summed E-state index contributed by atoms with van der Waals surface area (Å²) in [5.74, 6) is -0.402. The number of hydrogen-bond acceptors (Lipinski definition) is 3. The van der Waals surface area contributed by atoms with E-state index in [2.05, 4.69) is 10.1 Å². The van der Waals surface area contributed by atoms with Gasteiger partial charge in [-0.1, -0.05) is 29.8 Å². The molecule has 0 spiro atoms. The first-order valence-electron chi connectivity index (χ1n) is 5.50. The van der Waals surface area contributed by atoms with Crippen LogP contribution in [0.15, 0.2) is 24.3 Å². The molecule has 0 aliphatic rings. The molecule has 18 heavy (non-hydrogen) atoms. The van der Waals surface area contributed by atoms with E-state index in [1.165, 1.54) is 7.11 Å². The number of quaternary nitrogens is 1. The van der Waals surface area contributed by atoms with Gasteiger partial charge in [-0.05, 0) is 13.0 Å². The predicted molar refractivity (Wildman–Crippen MR) is 67.2 cm³/mol. The highest BCUT2D eigenvalue weighted by molar-refractivity contribution is 6.31. The summed E-state index contributed by atoms with van der Waals surface area (Å²) in [5, 5.41) is 4.54. The Balaban J connectivity index is 2.47. The van der Waals surface area contributed by atoms with Crippen molar-refractivity contribution in [3.05, 3.63) is 34.9 Å². The fourth-order valence-corrected chi connectivity index (χ4v) is 1.78. The van der Waals surface area contributed by atoms with E-state index in [-0.39, 0.29) is 12.6 Å². The summed E-state index contributed by atoms with van der Waals surface area (Å²) in [6, 6.07) is 7.47. The molecule has 0 aromatic heterocycles. The zero-order chi connectivity index (χ0) is 13.5. The Kier molecular flexibility index (Phi) is 5.61. The average Bonchev–Trinajstić information content (AvgIpc) is 2.36. The molecule has 5 nitrogen and oxygen atoms in total. The normalized spacial score (nSPS) is 11.7. The molecule has 0 aliphatic heterocycles. The molecule has 6 heteroatoms. The highest BCUT2D eigenvalue weighted by Crippen LogP contribution is 2.19. The SMILES string of the molecule is COC(=O)NC(=O)C[NH2+][C@H](C)c1ccccc1Cl. The number of carbonyl (C=O) groups excluding carboxylic acids is 2. The highest BCUT2D eigenvalue weighted by Gasteiger charge is 2.15. The lowest BCUT2D eigenvalue weighted by Crippen LogP contribution is -2.87. The van der Waals surface area contributed by atoms with Gasteiger partial charge in [0.15, 0.2) is 6.54 Å². The van der Waals surface area contributed by atoms with Crippen LogP contribution in [0.3, 0.4) is 0 Å². The Bertz CT molecular complexity index is 437. The Morgan fingerprint density at radius 1 is 1.44 bits per heavy atom. The van der Waals surface area contributed by atoms with Crippen molar-refractivity contribution in [2.45, 2.75) is 13.0 Å². The summed E-state index contributed by atoms with van der Waals surface area (Å²) in [7, 11) is 1.21. The number of amides is 2. The minimum Gasteiger partial charge on any atom is -0.453 e. The number of halogens is 1. The Labute approximate surface area is 110 Å². The maximum Gasteiger partial charge on any atom is 0.413 e. The molecule has 0 saturated carbocycles. The molecule has 0 unspecified atom stereocenters. The molecule has 1 aromatic carbocycles. The Hall–Kier alpha value is -1.59. The second kappa shape index (κ2) is 6.98. The van der Waals surface area contributed by atoms with E-state index in [9.17, 15) is 9.59 Å². The zero-order valence-corrected chi connectivity index (χ0v) is 11.0. The number of alkyl carbamates (subject to hydrolysis) is 1. The second-order valence-electron chi connectivity index (χ2n) is 3.79. The summed E-state index contributed by atoms with van der Waals surface area (Å²) >= 11 is 6.05. The summed E-state index contributed by atoms with van der Waals surface area (Å²) in [4.78, 5) is 22.2. The molecule has 98 valence electrons. The standard InChI is InChI=1S/C12H15ClN2O3/c1-8(9-5-3-4-6-10(9)13)14-7-11(16)15-12(17)18-2/h3-6,8,14H,7H2,1-2H3,(H,15,16,17)/p+1/t8-/m1/s1. The van der Waals surface area contributed by atoms with Crippen LogP contribution in [0.1, 0.15) is 18.5 Å². The van der Waals surface area contributed by atoms with Crippen LogP contribution in [0, 0.1) is 0 Å². The lowest BCUT2D eigenvalue weighted by molar-refractivity contribution is -0.682. The molecule has 3 N–H and O–H groups in total. The molecule has 1 aromatic rings. The van der Waals surface area contributed by atoms with Crippen molar-refractivity contribution < 1.29 is 19.6 Å². The van der Waals surface area contributed by atoms with Crippen LogP contribution in [0.25, 0.3) is 0 Å². The fourth-order valence-electron chi connectivity index (χ4n) is 1.47. The molecule has 1 rings (SSSR count). The lowest BCUT2D eigenvalue weighted by Gasteiger charge is -2.12. The number of nitrogens with one attached hydrogen (secondary N) is 1. The van der Waals surface area contributed by atoms with Gasteiger partial charge in [-0.15, -0.1) is 0 Å². The maximum atomic E-state index is 11.4. The van der Waals surface area contributed by atoms with Crippen LogP contribution in [-0.2, 0) is 9.53 Å². The average molecular weight is 272 g/mol. The van der Waals surface area contributed by atoms with Crippen molar-refractivity contribution in [1.82, 2.24) is 5.32 Å². The molecule has 0 bridgehead atoms. The predicted octanol–water partition coefficient (Wildman–Crippen LogP) is 0.847. The van der Waals surface area contributed by atoms with E-state index in [0.29, 0.717) is 5.02 Å². The van der Waals surface area contributed by atoms with Crippen molar-refractivity contribution in [3.8, 4) is 0 Å². The van der Waals surface area contributed by atoms with Gasteiger partial charge in [0, 0.05) is 10.6 Å². The lowest BCUT2D eigenvalue weighted by atomic mass is 10.1. The fraction of sp³-hybridized carbons (Fsp3) is 0.333. The summed E-state index contributed by atoms with van der Waals surface area (Å²) in [6.45, 7) is 2.06. The van der Waals surface area contributed by atoms with Gasteiger partial charge >= 0.3 is 6.09 Å². The number of methoxy groups -OCH3 is 1. The number of nitrogens with two attached hydrogens (primary N) is 1. The molecule has 2 amide bonds. The third-order valence-electron chi connectivity index (χ3n) is 2.48. The van der Waals surface area contributed by atoms with Crippen LogP contribution >= 0.6 is 11.6 Å². The molecule has 0 fully saturated rings. The molecule has 0 heterocycles. The van der Waals surface area contributed by atoms with Gasteiger partial charge in [-0.25, -0.2) is 4.79 Å². The topological polar surface area (TPSA) is 72.0 Å². The highest BCUT2D eigenvalue weighted by atomic mass is 35.5. The first-order chi connectivity index (χ1) is 8.54. The molecular formula is C12H16ClN2O3+. The molecule has 0 radical (unpaired) electrons. The van der Waals surface area contributed by atoms with Crippen molar-refractivity contribution in [2.75, 3.05) is 13.7 Å². The summed E-state index contributed by atoms with van der Waals surface area (Å²) < 4.78 is 4.33. The van der Waals surface area contributed by atoms with Gasteiger partial charge in [0.2, 0.25) is 0 Å². The monoisotopic (exact) mass is 271 g/mol. The zero-order valence-electron chi connectivity index (χ0n) is 10.3. The van der Waals surface area contributed by atoms with E-state index in [1.807, 2.05) is 25.1 Å². The van der Waals surface area contributed by atoms with E-state index >= 15 is 0 Å². The van der Waals surface area contributed by atoms with Crippen LogP contribution in [0.4, 0.5) is 4.79 Å². The van der Waals surface area contributed by atoms with Gasteiger partial charge in [0.05, 0.1) is 7.11 Å². The second-order valence-corrected chi connectivity index (χ2v) is 4.20. The Morgan fingerprint density at radius 3 is 2.72 bits per heavy atom. The molecule has 0 saturated heterocycles. The van der Waals surface area contributed by atoms with Gasteiger partial charge in [0.1, 0.15) is 6.04 Å². The van der Waals surface area contributed by atoms with Gasteiger partial charge < -0.3 is 10.1 Å². The quantitative estimate of drug-likeness (QED) is 0.853.